The van der Waals surface area contributed by atoms with Gasteiger partial charge in [-0.05, 0) is 51.5 Å². The number of benzene rings is 1. The third-order valence-corrected chi connectivity index (χ3v) is 3.49. The summed E-state index contributed by atoms with van der Waals surface area (Å²) in [7, 11) is 0. The summed E-state index contributed by atoms with van der Waals surface area (Å²) in [6, 6.07) is 7.31. The molecule has 4 nitrogen and oxygen atoms in total. The summed E-state index contributed by atoms with van der Waals surface area (Å²) in [4.78, 5) is 13.7. The minimum Gasteiger partial charge on any atom is -0.493 e. The zero-order chi connectivity index (χ0) is 15.5. The summed E-state index contributed by atoms with van der Waals surface area (Å²) in [6.45, 7) is 7.64. The fourth-order valence-electron chi connectivity index (χ4n) is 2.21. The quantitative estimate of drug-likeness (QED) is 0.847. The van der Waals surface area contributed by atoms with Crippen molar-refractivity contribution in [3.8, 4) is 5.75 Å². The normalized spacial score (nSPS) is 18.7. The first-order chi connectivity index (χ1) is 9.83. The van der Waals surface area contributed by atoms with Gasteiger partial charge in [0.1, 0.15) is 11.4 Å². The van der Waals surface area contributed by atoms with Gasteiger partial charge >= 0.3 is 6.09 Å². The van der Waals surface area contributed by atoms with Crippen molar-refractivity contribution in [1.29, 1.82) is 0 Å². The maximum atomic E-state index is 12.0. The second-order valence-corrected chi connectivity index (χ2v) is 6.78. The number of hydrogen-bond donors (Lipinski definition) is 0. The smallest absolute Gasteiger partial charge is 0.410 e. The molecule has 2 rings (SSSR count). The molecule has 116 valence electrons. The van der Waals surface area contributed by atoms with E-state index in [0.29, 0.717) is 24.1 Å². The highest BCUT2D eigenvalue weighted by Crippen LogP contribution is 2.21. The van der Waals surface area contributed by atoms with Gasteiger partial charge in [-0.2, -0.15) is 0 Å². The SMILES string of the molecule is CC(C)(C)OC(=O)N1CC[C@@H](COc2ccc(Cl)cc2)C1. The van der Waals surface area contributed by atoms with E-state index in [1.807, 2.05) is 32.9 Å². The van der Waals surface area contributed by atoms with Crippen molar-refractivity contribution < 1.29 is 14.3 Å². The van der Waals surface area contributed by atoms with Crippen LogP contribution in [-0.2, 0) is 4.74 Å². The summed E-state index contributed by atoms with van der Waals surface area (Å²) < 4.78 is 11.1. The van der Waals surface area contributed by atoms with Gasteiger partial charge in [0, 0.05) is 24.0 Å². The average molecular weight is 312 g/mol. The third kappa shape index (κ3) is 5.12. The molecule has 0 unspecified atom stereocenters. The molecule has 0 N–H and O–H groups in total. The van der Waals surface area contributed by atoms with Gasteiger partial charge in [0.15, 0.2) is 0 Å². The summed E-state index contributed by atoms with van der Waals surface area (Å²) in [5.41, 5.74) is -0.449. The summed E-state index contributed by atoms with van der Waals surface area (Å²) in [6.07, 6.45) is 0.698. The fraction of sp³-hybridized carbons (Fsp3) is 0.562. The van der Waals surface area contributed by atoms with Crippen LogP contribution in [0.1, 0.15) is 27.2 Å². The maximum absolute atomic E-state index is 12.0. The molecule has 1 aliphatic heterocycles. The Bertz CT molecular complexity index is 481. The molecule has 0 aromatic heterocycles. The molecule has 0 bridgehead atoms. The zero-order valence-corrected chi connectivity index (χ0v) is 13.5. The topological polar surface area (TPSA) is 38.8 Å². The van der Waals surface area contributed by atoms with Crippen LogP contribution in [0.15, 0.2) is 24.3 Å². The molecule has 1 fully saturated rings. The number of halogens is 1. The molecule has 21 heavy (non-hydrogen) atoms. The van der Waals surface area contributed by atoms with Crippen LogP contribution in [0.4, 0.5) is 4.79 Å². The predicted molar refractivity (Wildman–Crippen MR) is 82.9 cm³/mol. The summed E-state index contributed by atoms with van der Waals surface area (Å²) >= 11 is 5.83. The second kappa shape index (κ2) is 6.56. The number of ether oxygens (including phenoxy) is 2. The number of carbonyl (C=O) groups excluding carboxylic acids is 1. The number of hydrogen-bond acceptors (Lipinski definition) is 3. The Labute approximate surface area is 131 Å². The molecule has 1 aliphatic rings. The predicted octanol–water partition coefficient (Wildman–Crippen LogP) is 3.98. The van der Waals surface area contributed by atoms with Crippen molar-refractivity contribution in [1.82, 2.24) is 4.90 Å². The van der Waals surface area contributed by atoms with E-state index in [9.17, 15) is 4.79 Å². The summed E-state index contributed by atoms with van der Waals surface area (Å²) in [5.74, 6) is 1.14. The van der Waals surface area contributed by atoms with E-state index in [4.69, 9.17) is 21.1 Å². The molecule has 1 atom stereocenters. The van der Waals surface area contributed by atoms with Crippen molar-refractivity contribution in [3.05, 3.63) is 29.3 Å². The highest BCUT2D eigenvalue weighted by atomic mass is 35.5. The Morgan fingerprint density at radius 3 is 2.62 bits per heavy atom. The van der Waals surface area contributed by atoms with Crippen molar-refractivity contribution in [3.63, 3.8) is 0 Å². The minimum atomic E-state index is -0.449. The molecule has 1 amide bonds. The molecule has 0 radical (unpaired) electrons. The molecular weight excluding hydrogens is 290 g/mol. The lowest BCUT2D eigenvalue weighted by molar-refractivity contribution is 0.0285. The summed E-state index contributed by atoms with van der Waals surface area (Å²) in [5, 5.41) is 0.694. The second-order valence-electron chi connectivity index (χ2n) is 6.35. The number of carbonyl (C=O) groups is 1. The van der Waals surface area contributed by atoms with E-state index in [-0.39, 0.29) is 6.09 Å². The van der Waals surface area contributed by atoms with Crippen LogP contribution >= 0.6 is 11.6 Å². The zero-order valence-electron chi connectivity index (χ0n) is 12.8. The highest BCUT2D eigenvalue weighted by Gasteiger charge is 2.30. The Balaban J connectivity index is 1.77. The average Bonchev–Trinajstić information content (AvgIpc) is 2.85. The maximum Gasteiger partial charge on any atom is 0.410 e. The minimum absolute atomic E-state index is 0.239. The number of amides is 1. The Kier molecular flexibility index (Phi) is 4.99. The molecular formula is C16H22ClNO3. The third-order valence-electron chi connectivity index (χ3n) is 3.24. The van der Waals surface area contributed by atoms with E-state index in [1.54, 1.807) is 17.0 Å². The van der Waals surface area contributed by atoms with Crippen LogP contribution in [0, 0.1) is 5.92 Å². The van der Waals surface area contributed by atoms with Crippen molar-refractivity contribution in [2.45, 2.75) is 32.8 Å². The van der Waals surface area contributed by atoms with Gasteiger partial charge in [0.25, 0.3) is 0 Å². The molecule has 5 heteroatoms. The molecule has 0 aliphatic carbocycles. The van der Waals surface area contributed by atoms with Crippen LogP contribution in [0.3, 0.4) is 0 Å². The van der Waals surface area contributed by atoms with Gasteiger partial charge in [-0.25, -0.2) is 4.79 Å². The lowest BCUT2D eigenvalue weighted by Gasteiger charge is -2.24. The lowest BCUT2D eigenvalue weighted by Crippen LogP contribution is -2.35. The Morgan fingerprint density at radius 1 is 1.33 bits per heavy atom. The van der Waals surface area contributed by atoms with E-state index in [2.05, 4.69) is 0 Å². The van der Waals surface area contributed by atoms with Crippen LogP contribution in [-0.4, -0.2) is 36.3 Å². The largest absolute Gasteiger partial charge is 0.493 e. The van der Waals surface area contributed by atoms with Crippen molar-refractivity contribution in [2.24, 2.45) is 5.92 Å². The molecule has 1 aromatic carbocycles. The molecule has 1 saturated heterocycles. The first-order valence-corrected chi connectivity index (χ1v) is 7.57. The van der Waals surface area contributed by atoms with Crippen molar-refractivity contribution in [2.75, 3.05) is 19.7 Å². The standard InChI is InChI=1S/C16H22ClNO3/c1-16(2,3)21-15(19)18-9-8-12(10-18)11-20-14-6-4-13(17)5-7-14/h4-7,12H,8-11H2,1-3H3/t12-/m1/s1. The Hall–Kier alpha value is -1.42. The van der Waals surface area contributed by atoms with Gasteiger partial charge < -0.3 is 14.4 Å². The molecule has 1 heterocycles. The van der Waals surface area contributed by atoms with Gasteiger partial charge in [0.2, 0.25) is 0 Å². The number of likely N-dealkylation sites (tertiary alicyclic amines) is 1. The van der Waals surface area contributed by atoms with E-state index in [0.717, 1.165) is 18.7 Å². The van der Waals surface area contributed by atoms with E-state index >= 15 is 0 Å². The Morgan fingerprint density at radius 2 is 2.00 bits per heavy atom. The van der Waals surface area contributed by atoms with Crippen LogP contribution < -0.4 is 4.74 Å². The highest BCUT2D eigenvalue weighted by molar-refractivity contribution is 6.30. The lowest BCUT2D eigenvalue weighted by atomic mass is 10.1. The van der Waals surface area contributed by atoms with Crippen molar-refractivity contribution >= 4 is 17.7 Å². The van der Waals surface area contributed by atoms with Crippen LogP contribution in [0.2, 0.25) is 5.02 Å². The van der Waals surface area contributed by atoms with Gasteiger partial charge in [0.05, 0.1) is 6.61 Å². The molecule has 0 spiro atoms. The number of rotatable bonds is 3. The first kappa shape index (κ1) is 16.0. The van der Waals surface area contributed by atoms with E-state index in [1.165, 1.54) is 0 Å². The molecule has 1 aromatic rings. The van der Waals surface area contributed by atoms with Gasteiger partial charge in [-0.3, -0.25) is 0 Å². The number of nitrogens with zero attached hydrogens (tertiary/aromatic N) is 1. The monoisotopic (exact) mass is 311 g/mol. The fourth-order valence-corrected chi connectivity index (χ4v) is 2.33. The van der Waals surface area contributed by atoms with Crippen LogP contribution in [0.25, 0.3) is 0 Å². The molecule has 0 saturated carbocycles. The van der Waals surface area contributed by atoms with E-state index < -0.39 is 5.60 Å². The van der Waals surface area contributed by atoms with Gasteiger partial charge in [-0.15, -0.1) is 0 Å². The first-order valence-electron chi connectivity index (χ1n) is 7.20. The van der Waals surface area contributed by atoms with Crippen LogP contribution in [0.5, 0.6) is 5.75 Å². The van der Waals surface area contributed by atoms with Gasteiger partial charge in [-0.1, -0.05) is 11.6 Å².